The van der Waals surface area contributed by atoms with Gasteiger partial charge in [-0.05, 0) is 84.1 Å². The van der Waals surface area contributed by atoms with Crippen LogP contribution in [0.4, 0.5) is 5.69 Å². The highest BCUT2D eigenvalue weighted by atomic mass is 32.1. The van der Waals surface area contributed by atoms with Crippen LogP contribution in [-0.2, 0) is 14.3 Å². The van der Waals surface area contributed by atoms with Gasteiger partial charge < -0.3 is 29.4 Å². The molecule has 204 valence electrons. The lowest BCUT2D eigenvalue weighted by Crippen LogP contribution is -2.48. The molecule has 0 radical (unpaired) electrons. The van der Waals surface area contributed by atoms with Gasteiger partial charge in [0.1, 0.15) is 12.2 Å². The maximum atomic E-state index is 14.0. The van der Waals surface area contributed by atoms with Crippen molar-refractivity contribution in [3.63, 3.8) is 0 Å². The number of aromatic carboxylic acids is 1. The highest BCUT2D eigenvalue weighted by molar-refractivity contribution is 7.15. The van der Waals surface area contributed by atoms with Crippen LogP contribution in [0.15, 0.2) is 6.07 Å². The zero-order chi connectivity index (χ0) is 26.7. The van der Waals surface area contributed by atoms with Gasteiger partial charge in [-0.25, -0.2) is 0 Å². The van der Waals surface area contributed by atoms with Crippen LogP contribution < -0.4 is 10.0 Å². The van der Waals surface area contributed by atoms with E-state index in [1.807, 2.05) is 20.8 Å². The normalized spacial score (nSPS) is 30.4. The van der Waals surface area contributed by atoms with Crippen LogP contribution in [0.25, 0.3) is 0 Å². The van der Waals surface area contributed by atoms with E-state index in [2.05, 4.69) is 18.8 Å². The first-order valence-corrected chi connectivity index (χ1v) is 14.5. The van der Waals surface area contributed by atoms with Gasteiger partial charge in [0, 0.05) is 17.4 Å². The molecule has 1 N–H and O–H groups in total. The van der Waals surface area contributed by atoms with Crippen molar-refractivity contribution in [1.29, 1.82) is 0 Å². The summed E-state index contributed by atoms with van der Waals surface area (Å²) < 4.78 is 11.4. The number of anilines is 1. The lowest BCUT2D eigenvalue weighted by Gasteiger charge is -2.40. The van der Waals surface area contributed by atoms with Gasteiger partial charge >= 0.3 is 0 Å². The second-order valence-corrected chi connectivity index (χ2v) is 13.0. The molecule has 2 saturated carbocycles. The lowest BCUT2D eigenvalue weighted by atomic mass is 9.81. The summed E-state index contributed by atoms with van der Waals surface area (Å²) in [5, 5.41) is 22.2. The van der Waals surface area contributed by atoms with Crippen molar-refractivity contribution in [2.24, 2.45) is 17.3 Å². The Labute approximate surface area is 224 Å². The van der Waals surface area contributed by atoms with Gasteiger partial charge in [0.25, 0.3) is 0 Å². The molecule has 2 aliphatic carbocycles. The first-order chi connectivity index (χ1) is 17.5. The number of aliphatic hydroxyl groups excluding tert-OH is 1. The number of carboxylic acid groups (broad SMARTS) is 1. The first-order valence-electron chi connectivity index (χ1n) is 13.6. The highest BCUT2D eigenvalue weighted by Crippen LogP contribution is 2.39. The molecular formula is C29H40NO6S-. The quantitative estimate of drug-likeness (QED) is 0.563. The number of aliphatic hydroxyl groups is 1. The van der Waals surface area contributed by atoms with E-state index in [-0.39, 0.29) is 40.4 Å². The van der Waals surface area contributed by atoms with Crippen molar-refractivity contribution in [2.75, 3.05) is 18.1 Å². The van der Waals surface area contributed by atoms with Crippen molar-refractivity contribution in [2.45, 2.75) is 103 Å². The van der Waals surface area contributed by atoms with Gasteiger partial charge in [-0.1, -0.05) is 18.8 Å². The third-order valence-corrected chi connectivity index (χ3v) is 8.72. The molecule has 8 heteroatoms. The molecular weight excluding hydrogens is 490 g/mol. The molecule has 1 aromatic rings. The summed E-state index contributed by atoms with van der Waals surface area (Å²) >= 11 is 1.09. The SMILES string of the molecule is CC1CCC(C(=O)N(c2cc(C#CC(C)(C)C)sc2C(=O)[O-])C2CCC(O[C@H]3COC[C@@H]3O)CC2)CC1. The van der Waals surface area contributed by atoms with Crippen molar-refractivity contribution in [3.05, 3.63) is 15.8 Å². The molecule has 0 bridgehead atoms. The maximum absolute atomic E-state index is 14.0. The maximum Gasteiger partial charge on any atom is 0.230 e. The summed E-state index contributed by atoms with van der Waals surface area (Å²) in [7, 11) is 0. The minimum absolute atomic E-state index is 0.0126. The summed E-state index contributed by atoms with van der Waals surface area (Å²) in [6.07, 6.45) is 5.63. The zero-order valence-electron chi connectivity index (χ0n) is 22.5. The summed E-state index contributed by atoms with van der Waals surface area (Å²) in [6, 6.07) is 1.65. The monoisotopic (exact) mass is 530 g/mol. The van der Waals surface area contributed by atoms with Gasteiger partial charge in [-0.3, -0.25) is 4.79 Å². The average Bonchev–Trinajstić information content (AvgIpc) is 3.45. The second kappa shape index (κ2) is 11.9. The Morgan fingerprint density at radius 2 is 1.78 bits per heavy atom. The van der Waals surface area contributed by atoms with E-state index in [0.29, 0.717) is 42.5 Å². The lowest BCUT2D eigenvalue weighted by molar-refractivity contribution is -0.254. The van der Waals surface area contributed by atoms with Crippen molar-refractivity contribution in [3.8, 4) is 11.8 Å². The van der Waals surface area contributed by atoms with E-state index >= 15 is 0 Å². The van der Waals surface area contributed by atoms with Crippen LogP contribution in [0.3, 0.4) is 0 Å². The summed E-state index contributed by atoms with van der Waals surface area (Å²) in [5.41, 5.74) is 0.201. The van der Waals surface area contributed by atoms with Gasteiger partial charge in [-0.15, -0.1) is 11.3 Å². The third-order valence-electron chi connectivity index (χ3n) is 7.70. The van der Waals surface area contributed by atoms with Gasteiger partial charge in [0.05, 0.1) is 40.7 Å². The van der Waals surface area contributed by atoms with E-state index in [1.165, 1.54) is 0 Å². The molecule has 37 heavy (non-hydrogen) atoms. The molecule has 0 unspecified atom stereocenters. The number of ether oxygens (including phenoxy) is 2. The molecule has 2 heterocycles. The minimum atomic E-state index is -1.27. The number of rotatable bonds is 6. The van der Waals surface area contributed by atoms with E-state index in [1.54, 1.807) is 11.0 Å². The second-order valence-electron chi connectivity index (χ2n) is 12.0. The molecule has 4 rings (SSSR count). The molecule has 1 aromatic heterocycles. The van der Waals surface area contributed by atoms with Crippen LogP contribution >= 0.6 is 11.3 Å². The number of hydrogen-bond acceptors (Lipinski definition) is 7. The Kier molecular flexibility index (Phi) is 9.00. The predicted octanol–water partition coefficient (Wildman–Crippen LogP) is 3.76. The van der Waals surface area contributed by atoms with Crippen molar-refractivity contribution >= 4 is 28.9 Å². The Morgan fingerprint density at radius 3 is 2.35 bits per heavy atom. The van der Waals surface area contributed by atoms with E-state index in [4.69, 9.17) is 9.47 Å². The topological polar surface area (TPSA) is 99.1 Å². The Hall–Kier alpha value is -1.92. The first kappa shape index (κ1) is 28.1. The Morgan fingerprint density at radius 1 is 1.11 bits per heavy atom. The largest absolute Gasteiger partial charge is 0.544 e. The van der Waals surface area contributed by atoms with Gasteiger partial charge in [-0.2, -0.15) is 0 Å². The van der Waals surface area contributed by atoms with Crippen LogP contribution in [-0.4, -0.2) is 54.6 Å². The van der Waals surface area contributed by atoms with Gasteiger partial charge in [0.15, 0.2) is 0 Å². The number of carbonyl (C=O) groups is 2. The molecule has 7 nitrogen and oxygen atoms in total. The molecule has 1 saturated heterocycles. The number of nitrogens with zero attached hydrogens (tertiary/aromatic N) is 1. The Bertz CT molecular complexity index is 1020. The fourth-order valence-corrected chi connectivity index (χ4v) is 6.39. The molecule has 1 aliphatic heterocycles. The van der Waals surface area contributed by atoms with E-state index in [0.717, 1.165) is 49.9 Å². The zero-order valence-corrected chi connectivity index (χ0v) is 23.3. The number of amides is 1. The number of thiophene rings is 1. The highest BCUT2D eigenvalue weighted by Gasteiger charge is 2.38. The van der Waals surface area contributed by atoms with Crippen LogP contribution in [0.5, 0.6) is 0 Å². The summed E-state index contributed by atoms with van der Waals surface area (Å²) in [5.74, 6) is 5.55. The molecule has 1 amide bonds. The summed E-state index contributed by atoms with van der Waals surface area (Å²) in [6.45, 7) is 8.93. The molecule has 3 fully saturated rings. The number of carbonyl (C=O) groups excluding carboxylic acids is 2. The summed E-state index contributed by atoms with van der Waals surface area (Å²) in [4.78, 5) is 28.7. The molecule has 0 spiro atoms. The smallest absolute Gasteiger partial charge is 0.230 e. The van der Waals surface area contributed by atoms with Crippen LogP contribution in [0.1, 0.15) is 93.6 Å². The molecule has 0 aromatic carbocycles. The number of carboxylic acids is 1. The minimum Gasteiger partial charge on any atom is -0.544 e. The van der Waals surface area contributed by atoms with Crippen molar-refractivity contribution < 1.29 is 29.3 Å². The number of hydrogen-bond donors (Lipinski definition) is 1. The van der Waals surface area contributed by atoms with E-state index < -0.39 is 12.1 Å². The fraction of sp³-hybridized carbons (Fsp3) is 0.724. The van der Waals surface area contributed by atoms with E-state index in [9.17, 15) is 19.8 Å². The molecule has 2 atom stereocenters. The van der Waals surface area contributed by atoms with Crippen LogP contribution in [0.2, 0.25) is 0 Å². The standard InChI is InChI=1S/C29H41NO6S/c1-18-5-7-19(8-6-18)27(32)30(20-9-11-21(12-10-20)36-25-17-35-16-24(25)31)23-15-22(13-14-29(2,3)4)37-26(23)28(33)34/h15,18-21,24-25,31H,5-12,16-17H2,1-4H3,(H,33,34)/p-1/t18?,19?,20?,21?,24-,25-/m0/s1. The average molecular weight is 531 g/mol. The predicted molar refractivity (Wildman–Crippen MR) is 141 cm³/mol. The molecule has 3 aliphatic rings. The van der Waals surface area contributed by atoms with Crippen molar-refractivity contribution in [1.82, 2.24) is 0 Å². The third kappa shape index (κ3) is 7.14. The van der Waals surface area contributed by atoms with Gasteiger partial charge in [0.2, 0.25) is 5.91 Å². The fourth-order valence-electron chi connectivity index (χ4n) is 5.56. The Balaban J connectivity index is 1.59. The van der Waals surface area contributed by atoms with Crippen LogP contribution in [0, 0.1) is 29.1 Å².